The molecule has 0 radical (unpaired) electrons. The second-order valence-electron chi connectivity index (χ2n) is 16.6. The summed E-state index contributed by atoms with van der Waals surface area (Å²) in [4.78, 5) is 28.0. The summed E-state index contributed by atoms with van der Waals surface area (Å²) in [5.41, 5.74) is 3.76. The Hall–Kier alpha value is -4.30. The van der Waals surface area contributed by atoms with Gasteiger partial charge in [-0.1, -0.05) is 160 Å². The van der Waals surface area contributed by atoms with Crippen LogP contribution in [0.15, 0.2) is 121 Å². The Morgan fingerprint density at radius 3 is 1.94 bits per heavy atom. The second-order valence-corrected chi connectivity index (χ2v) is 16.6. The molecule has 332 valence electrons. The van der Waals surface area contributed by atoms with Crippen LogP contribution in [0.4, 0.5) is 0 Å². The number of ether oxygens (including phenoxy) is 8. The average molecular weight is 850 g/mol. The summed E-state index contributed by atoms with van der Waals surface area (Å²) >= 11 is 0. The van der Waals surface area contributed by atoms with Crippen molar-refractivity contribution in [1.29, 1.82) is 0 Å². The molecular weight excluding hydrogens is 787 g/mol. The fourth-order valence-electron chi connectivity index (χ4n) is 8.54. The molecule has 4 aromatic carbocycles. The number of Topliss-reactive ketones (excluding diaryl/α,β-unsaturated/α-hetero) is 1. The van der Waals surface area contributed by atoms with Gasteiger partial charge >= 0.3 is 0 Å². The number of hydrogen-bond donors (Lipinski definition) is 1. The standard InChI is InChI=1S/C51H63NO10/c1-3-4-5-6-7-20-29-56-51-44(52-36(2)53)48(47(57-32-38-23-14-9-15-24-38)43(61-51)35-55-31-37-21-12-8-13-22-37)60-42-30-41-34-59-50(40-27-18-11-19-28-40)62-46(41)49(45(42)54)58-33-39-25-16-10-17-26-39/h8-19,21-28,41-44,46-51H,3-7,20,29-35H2,1-2H3,(H,52,53)/t41-,42+,43-,44-,46-,47-,48-,49-,50-,51-/m1/s1. The molecule has 0 bridgehead atoms. The van der Waals surface area contributed by atoms with Crippen LogP contribution in [-0.2, 0) is 67.3 Å². The molecule has 7 rings (SSSR count). The predicted molar refractivity (Wildman–Crippen MR) is 234 cm³/mol. The van der Waals surface area contributed by atoms with Crippen molar-refractivity contribution in [1.82, 2.24) is 5.32 Å². The van der Waals surface area contributed by atoms with E-state index >= 15 is 0 Å². The Morgan fingerprint density at radius 1 is 0.694 bits per heavy atom. The van der Waals surface area contributed by atoms with Gasteiger partial charge in [0.25, 0.3) is 0 Å². The number of carbonyl (C=O) groups is 2. The van der Waals surface area contributed by atoms with E-state index in [1.165, 1.54) is 26.2 Å². The summed E-state index contributed by atoms with van der Waals surface area (Å²) in [6.45, 7) is 5.35. The third-order valence-corrected chi connectivity index (χ3v) is 11.8. The minimum absolute atomic E-state index is 0.145. The Morgan fingerprint density at radius 2 is 1.29 bits per heavy atom. The minimum atomic E-state index is -0.957. The van der Waals surface area contributed by atoms with E-state index < -0.39 is 55.2 Å². The Balaban J connectivity index is 1.18. The molecule has 4 aromatic rings. The van der Waals surface area contributed by atoms with Crippen LogP contribution in [0.3, 0.4) is 0 Å². The molecule has 2 aliphatic heterocycles. The van der Waals surface area contributed by atoms with Crippen LogP contribution in [0.5, 0.6) is 0 Å². The molecule has 3 aliphatic rings. The summed E-state index contributed by atoms with van der Waals surface area (Å²) in [6, 6.07) is 38.5. The van der Waals surface area contributed by atoms with Crippen molar-refractivity contribution in [3.05, 3.63) is 144 Å². The summed E-state index contributed by atoms with van der Waals surface area (Å²) < 4.78 is 53.0. The smallest absolute Gasteiger partial charge is 0.217 e. The highest BCUT2D eigenvalue weighted by Gasteiger charge is 2.54. The molecule has 1 N–H and O–H groups in total. The molecule has 62 heavy (non-hydrogen) atoms. The van der Waals surface area contributed by atoms with E-state index in [1.54, 1.807) is 0 Å². The van der Waals surface area contributed by atoms with Crippen LogP contribution < -0.4 is 5.32 Å². The SMILES string of the molecule is CCCCCCCCO[C@@H]1O[C@H](COCc2ccccc2)[C@@H](OCc2ccccc2)[C@H](O[C@H]2C[C@@H]3CO[C@@H](c4ccccc4)O[C@H]3[C@H](OCc3ccccc3)C2=O)[C@H]1NC(C)=O. The monoisotopic (exact) mass is 849 g/mol. The first-order valence-electron chi connectivity index (χ1n) is 22.4. The average Bonchev–Trinajstić information content (AvgIpc) is 3.30. The van der Waals surface area contributed by atoms with Gasteiger partial charge in [-0.25, -0.2) is 0 Å². The first-order chi connectivity index (χ1) is 30.5. The fourth-order valence-corrected chi connectivity index (χ4v) is 8.54. The molecular formula is C51H63NO10. The molecule has 10 atom stereocenters. The lowest BCUT2D eigenvalue weighted by Gasteiger charge is -2.49. The lowest BCUT2D eigenvalue weighted by Crippen LogP contribution is -2.67. The van der Waals surface area contributed by atoms with Crippen molar-refractivity contribution in [3.63, 3.8) is 0 Å². The van der Waals surface area contributed by atoms with Gasteiger partial charge in [-0.05, 0) is 29.5 Å². The molecule has 2 heterocycles. The van der Waals surface area contributed by atoms with Gasteiger partial charge < -0.3 is 43.2 Å². The first kappa shape index (κ1) is 45.7. The Labute approximate surface area is 366 Å². The zero-order valence-corrected chi connectivity index (χ0v) is 36.1. The Bertz CT molecular complexity index is 1900. The molecule has 1 amide bonds. The van der Waals surface area contributed by atoms with E-state index in [0.29, 0.717) is 26.2 Å². The molecule has 1 aliphatic carbocycles. The topological polar surface area (TPSA) is 120 Å². The second kappa shape index (κ2) is 24.0. The maximum Gasteiger partial charge on any atom is 0.217 e. The maximum absolute atomic E-state index is 15.0. The predicted octanol–water partition coefficient (Wildman–Crippen LogP) is 8.44. The van der Waals surface area contributed by atoms with E-state index in [0.717, 1.165) is 41.5 Å². The van der Waals surface area contributed by atoms with Gasteiger partial charge in [0, 0.05) is 25.0 Å². The molecule has 3 fully saturated rings. The largest absolute Gasteiger partial charge is 0.374 e. The molecule has 2 saturated heterocycles. The van der Waals surface area contributed by atoms with Crippen LogP contribution in [0.2, 0.25) is 0 Å². The van der Waals surface area contributed by atoms with Crippen LogP contribution >= 0.6 is 0 Å². The first-order valence-corrected chi connectivity index (χ1v) is 22.4. The number of ketones is 1. The molecule has 0 spiro atoms. The van der Waals surface area contributed by atoms with Crippen molar-refractivity contribution >= 4 is 11.7 Å². The minimum Gasteiger partial charge on any atom is -0.374 e. The van der Waals surface area contributed by atoms with Gasteiger partial charge in [-0.15, -0.1) is 0 Å². The van der Waals surface area contributed by atoms with Crippen molar-refractivity contribution in [2.75, 3.05) is 19.8 Å². The quantitative estimate of drug-likeness (QED) is 0.0772. The highest BCUT2D eigenvalue weighted by atomic mass is 16.7. The lowest BCUT2D eigenvalue weighted by molar-refractivity contribution is -0.302. The normalized spacial score (nSPS) is 27.4. The number of amides is 1. The van der Waals surface area contributed by atoms with Gasteiger partial charge in [-0.2, -0.15) is 0 Å². The number of hydrogen-bond acceptors (Lipinski definition) is 10. The maximum atomic E-state index is 15.0. The summed E-state index contributed by atoms with van der Waals surface area (Å²) in [5, 5.41) is 3.10. The van der Waals surface area contributed by atoms with Crippen molar-refractivity contribution in [2.24, 2.45) is 5.92 Å². The molecule has 11 heteroatoms. The van der Waals surface area contributed by atoms with E-state index in [-0.39, 0.29) is 37.4 Å². The number of unbranched alkanes of at least 4 members (excludes halogenated alkanes) is 5. The summed E-state index contributed by atoms with van der Waals surface area (Å²) in [7, 11) is 0. The highest BCUT2D eigenvalue weighted by Crippen LogP contribution is 2.40. The van der Waals surface area contributed by atoms with Crippen LogP contribution in [0, 0.1) is 5.92 Å². The highest BCUT2D eigenvalue weighted by molar-refractivity contribution is 5.89. The zero-order chi connectivity index (χ0) is 42.9. The van der Waals surface area contributed by atoms with Crippen molar-refractivity contribution < 1.29 is 47.5 Å². The van der Waals surface area contributed by atoms with Crippen molar-refractivity contribution in [3.8, 4) is 0 Å². The molecule has 11 nitrogen and oxygen atoms in total. The molecule has 0 aromatic heterocycles. The van der Waals surface area contributed by atoms with E-state index in [2.05, 4.69) is 12.2 Å². The number of nitrogens with one attached hydrogen (secondary N) is 1. The third kappa shape index (κ3) is 12.9. The lowest BCUT2D eigenvalue weighted by atomic mass is 9.80. The summed E-state index contributed by atoms with van der Waals surface area (Å²) in [6.07, 6.45) is 0.424. The van der Waals surface area contributed by atoms with Crippen LogP contribution in [0.25, 0.3) is 0 Å². The van der Waals surface area contributed by atoms with Gasteiger partial charge in [-0.3, -0.25) is 9.59 Å². The number of rotatable bonds is 22. The van der Waals surface area contributed by atoms with E-state index in [4.69, 9.17) is 37.9 Å². The fraction of sp³-hybridized carbons (Fsp3) is 0.490. The van der Waals surface area contributed by atoms with Gasteiger partial charge in [0.15, 0.2) is 18.4 Å². The van der Waals surface area contributed by atoms with Crippen LogP contribution in [0.1, 0.15) is 87.3 Å². The number of fused-ring (bicyclic) bond motifs is 1. The van der Waals surface area contributed by atoms with E-state index in [9.17, 15) is 9.59 Å². The third-order valence-electron chi connectivity index (χ3n) is 11.8. The van der Waals surface area contributed by atoms with E-state index in [1.807, 2.05) is 121 Å². The van der Waals surface area contributed by atoms with Crippen molar-refractivity contribution in [2.45, 2.75) is 134 Å². The van der Waals surface area contributed by atoms with Gasteiger partial charge in [0.1, 0.15) is 36.6 Å². The summed E-state index contributed by atoms with van der Waals surface area (Å²) in [5.74, 6) is -0.765. The molecule has 1 saturated carbocycles. The van der Waals surface area contributed by atoms with Crippen LogP contribution in [-0.4, -0.2) is 80.5 Å². The van der Waals surface area contributed by atoms with Gasteiger partial charge in [0.05, 0.1) is 39.1 Å². The van der Waals surface area contributed by atoms with Gasteiger partial charge in [0.2, 0.25) is 5.91 Å². The Kier molecular flexibility index (Phi) is 17.7. The number of benzene rings is 4. The molecule has 0 unspecified atom stereocenters. The zero-order valence-electron chi connectivity index (χ0n) is 36.1. The number of carbonyl (C=O) groups excluding carboxylic acids is 2.